The van der Waals surface area contributed by atoms with Crippen molar-refractivity contribution in [2.24, 2.45) is 51.2 Å². The Hall–Kier alpha value is -0.600. The Morgan fingerprint density at radius 3 is 2.10 bits per heavy atom. The molecule has 0 aromatic carbocycles. The van der Waals surface area contributed by atoms with Crippen LogP contribution in [0.5, 0.6) is 0 Å². The molecule has 0 radical (unpaired) electrons. The van der Waals surface area contributed by atoms with Crippen molar-refractivity contribution in [3.8, 4) is 0 Å². The predicted molar refractivity (Wildman–Crippen MR) is 127 cm³/mol. The van der Waals surface area contributed by atoms with Gasteiger partial charge in [-0.25, -0.2) is 0 Å². The van der Waals surface area contributed by atoms with Crippen molar-refractivity contribution >= 4 is 0 Å². The summed E-state index contributed by atoms with van der Waals surface area (Å²) in [6.07, 6.45) is 9.81. The lowest BCUT2D eigenvalue weighted by Crippen LogP contribution is -2.67. The highest BCUT2D eigenvalue weighted by Gasteiger charge is 2.71. The molecule has 0 aliphatic heterocycles. The second-order valence-corrected chi connectivity index (χ2v) is 13.5. The Labute approximate surface area is 190 Å². The van der Waals surface area contributed by atoms with E-state index in [-0.39, 0.29) is 28.3 Å². The quantitative estimate of drug-likeness (QED) is 0.468. The van der Waals surface area contributed by atoms with Crippen LogP contribution in [0.15, 0.2) is 24.3 Å². The van der Waals surface area contributed by atoms with E-state index in [4.69, 9.17) is 0 Å². The Morgan fingerprint density at radius 1 is 0.839 bits per heavy atom. The fourth-order valence-electron chi connectivity index (χ4n) is 11.1. The van der Waals surface area contributed by atoms with Crippen LogP contribution in [-0.4, -0.2) is 22.4 Å². The highest BCUT2D eigenvalue weighted by Crippen LogP contribution is 2.77. The first-order valence-electron chi connectivity index (χ1n) is 13.1. The van der Waals surface area contributed by atoms with E-state index in [9.17, 15) is 10.2 Å². The Morgan fingerprint density at radius 2 is 1.45 bits per heavy atom. The second-order valence-electron chi connectivity index (χ2n) is 13.5. The summed E-state index contributed by atoms with van der Waals surface area (Å²) in [6, 6.07) is 0. The van der Waals surface area contributed by atoms with Crippen molar-refractivity contribution in [3.05, 3.63) is 24.3 Å². The minimum Gasteiger partial charge on any atom is -0.392 e. The predicted octanol–water partition coefficient (Wildman–Crippen LogP) is 6.53. The molecular weight excluding hydrogens is 380 g/mol. The third-order valence-corrected chi connectivity index (χ3v) is 12.6. The lowest BCUT2D eigenvalue weighted by molar-refractivity contribution is -0.246. The molecule has 2 heteroatoms. The van der Waals surface area contributed by atoms with Crippen LogP contribution in [0.1, 0.15) is 92.4 Å². The van der Waals surface area contributed by atoms with Gasteiger partial charge in [-0.3, -0.25) is 0 Å². The summed E-state index contributed by atoms with van der Waals surface area (Å²) in [5, 5.41) is 22.1. The third-order valence-electron chi connectivity index (χ3n) is 12.6. The molecule has 31 heavy (non-hydrogen) atoms. The fraction of sp³-hybridized carbons (Fsp3) is 0.862. The van der Waals surface area contributed by atoms with Gasteiger partial charge >= 0.3 is 0 Å². The molecule has 5 rings (SSSR count). The van der Waals surface area contributed by atoms with Crippen molar-refractivity contribution in [2.75, 3.05) is 0 Å². The van der Waals surface area contributed by atoms with E-state index < -0.39 is 6.10 Å². The van der Waals surface area contributed by atoms with Gasteiger partial charge in [-0.1, -0.05) is 46.4 Å². The van der Waals surface area contributed by atoms with Crippen LogP contribution < -0.4 is 0 Å². The van der Waals surface area contributed by atoms with E-state index in [0.29, 0.717) is 17.3 Å². The van der Waals surface area contributed by atoms with Crippen LogP contribution in [0.4, 0.5) is 0 Å². The molecule has 0 aromatic heterocycles. The molecule has 3 unspecified atom stereocenters. The Balaban J connectivity index is 1.55. The van der Waals surface area contributed by atoms with E-state index in [1.807, 2.05) is 0 Å². The standard InChI is InChI=1S/C29H46O2/c1-17(2)19-10-13-26(4)20(19)11-15-28(6)23(26)8-9-24-27(5)14-12-21(30)18(3)25(27)22(31)16-29(24,28)7/h19-25,30-31H,1,3,8-16H2,2,4-7H3/t19?,20-,21?,22?,23-,24+,25-,26+,27-,28-,29-/m1/s1. The summed E-state index contributed by atoms with van der Waals surface area (Å²) in [4.78, 5) is 0. The first kappa shape index (κ1) is 22.2. The maximum Gasteiger partial charge on any atom is 0.0751 e. The highest BCUT2D eigenvalue weighted by molar-refractivity contribution is 5.26. The maximum atomic E-state index is 11.5. The summed E-state index contributed by atoms with van der Waals surface area (Å²) < 4.78 is 0. The zero-order valence-electron chi connectivity index (χ0n) is 20.7. The van der Waals surface area contributed by atoms with Crippen LogP contribution in [0.3, 0.4) is 0 Å². The van der Waals surface area contributed by atoms with Crippen LogP contribution in [0.2, 0.25) is 0 Å². The lowest BCUT2D eigenvalue weighted by atomic mass is 9.32. The number of rotatable bonds is 1. The number of aliphatic hydroxyl groups excluding tert-OH is 2. The zero-order chi connectivity index (χ0) is 22.6. The molecule has 5 aliphatic carbocycles. The van der Waals surface area contributed by atoms with Gasteiger partial charge in [0.2, 0.25) is 0 Å². The van der Waals surface area contributed by atoms with Gasteiger partial charge in [-0.15, -0.1) is 0 Å². The molecule has 0 bridgehead atoms. The normalized spacial score (nSPS) is 58.7. The molecule has 0 aromatic rings. The van der Waals surface area contributed by atoms with Crippen LogP contribution in [0, 0.1) is 51.2 Å². The number of aliphatic hydroxyl groups is 2. The molecule has 2 nitrogen and oxygen atoms in total. The molecule has 0 amide bonds. The smallest absolute Gasteiger partial charge is 0.0751 e. The minimum atomic E-state index is -0.434. The second kappa shape index (κ2) is 6.72. The van der Waals surface area contributed by atoms with Gasteiger partial charge in [0.25, 0.3) is 0 Å². The molecule has 0 saturated heterocycles. The molecule has 5 saturated carbocycles. The highest BCUT2D eigenvalue weighted by atomic mass is 16.3. The average molecular weight is 427 g/mol. The van der Waals surface area contributed by atoms with Gasteiger partial charge < -0.3 is 10.2 Å². The Kier molecular flexibility index (Phi) is 4.81. The van der Waals surface area contributed by atoms with Gasteiger partial charge in [0, 0.05) is 5.92 Å². The van der Waals surface area contributed by atoms with Crippen LogP contribution in [0.25, 0.3) is 0 Å². The van der Waals surface area contributed by atoms with Crippen molar-refractivity contribution in [1.29, 1.82) is 0 Å². The lowest BCUT2D eigenvalue weighted by Gasteiger charge is -2.72. The summed E-state index contributed by atoms with van der Waals surface area (Å²) in [6.45, 7) is 21.1. The van der Waals surface area contributed by atoms with Crippen molar-refractivity contribution < 1.29 is 10.2 Å². The van der Waals surface area contributed by atoms with E-state index >= 15 is 0 Å². The SMILES string of the molecule is C=C(C)C1CC[C@@]2(C)[C@@H]1CC[C@]1(C)[C@@H]2CC[C@H]2[C@@]3(C)CCC(O)C(=C)[C@@H]3C(O)C[C@]21C. The molecule has 174 valence electrons. The van der Waals surface area contributed by atoms with Crippen molar-refractivity contribution in [3.63, 3.8) is 0 Å². The minimum absolute atomic E-state index is 0.0562. The fourth-order valence-corrected chi connectivity index (χ4v) is 11.1. The molecule has 5 aliphatic rings. The van der Waals surface area contributed by atoms with Gasteiger partial charge in [-0.05, 0) is 116 Å². The third kappa shape index (κ3) is 2.59. The summed E-state index contributed by atoms with van der Waals surface area (Å²) in [5.41, 5.74) is 3.21. The average Bonchev–Trinajstić information content (AvgIpc) is 3.03. The Bertz CT molecular complexity index is 801. The van der Waals surface area contributed by atoms with Gasteiger partial charge in [-0.2, -0.15) is 0 Å². The van der Waals surface area contributed by atoms with Gasteiger partial charge in [0.05, 0.1) is 12.2 Å². The number of fused-ring (bicyclic) bond motifs is 7. The molecule has 0 heterocycles. The monoisotopic (exact) mass is 426 g/mol. The van der Waals surface area contributed by atoms with Crippen LogP contribution in [-0.2, 0) is 0 Å². The number of hydrogen-bond acceptors (Lipinski definition) is 2. The maximum absolute atomic E-state index is 11.5. The molecule has 11 atom stereocenters. The topological polar surface area (TPSA) is 40.5 Å². The van der Waals surface area contributed by atoms with E-state index in [1.54, 1.807) is 0 Å². The van der Waals surface area contributed by atoms with Crippen LogP contribution >= 0.6 is 0 Å². The number of allylic oxidation sites excluding steroid dienone is 1. The molecule has 0 spiro atoms. The van der Waals surface area contributed by atoms with Gasteiger partial charge in [0.15, 0.2) is 0 Å². The first-order chi connectivity index (χ1) is 14.4. The van der Waals surface area contributed by atoms with E-state index in [0.717, 1.165) is 36.7 Å². The first-order valence-corrected chi connectivity index (χ1v) is 13.1. The van der Waals surface area contributed by atoms with Gasteiger partial charge in [0.1, 0.15) is 0 Å². The van der Waals surface area contributed by atoms with E-state index in [2.05, 4.69) is 47.8 Å². The van der Waals surface area contributed by atoms with Crippen molar-refractivity contribution in [2.45, 2.75) is 105 Å². The number of hydrogen-bond donors (Lipinski definition) is 2. The molecular formula is C29H46O2. The molecule has 2 N–H and O–H groups in total. The summed E-state index contributed by atoms with van der Waals surface area (Å²) in [5.74, 6) is 2.92. The summed E-state index contributed by atoms with van der Waals surface area (Å²) >= 11 is 0. The zero-order valence-corrected chi connectivity index (χ0v) is 20.7. The van der Waals surface area contributed by atoms with Crippen molar-refractivity contribution in [1.82, 2.24) is 0 Å². The summed E-state index contributed by atoms with van der Waals surface area (Å²) in [7, 11) is 0. The van der Waals surface area contributed by atoms with E-state index in [1.165, 1.54) is 44.1 Å². The largest absolute Gasteiger partial charge is 0.392 e. The molecule has 5 fully saturated rings.